The number of carbonyl (C=O) groups is 1. The molecule has 0 bridgehead atoms. The van der Waals surface area contributed by atoms with Gasteiger partial charge in [0, 0.05) is 17.8 Å². The average Bonchev–Trinajstić information content (AvgIpc) is 2.64. The zero-order chi connectivity index (χ0) is 21.4. The van der Waals surface area contributed by atoms with Crippen LogP contribution >= 0.6 is 0 Å². The summed E-state index contributed by atoms with van der Waals surface area (Å²) < 4.78 is 11.0. The molecule has 29 heavy (non-hydrogen) atoms. The fourth-order valence-corrected chi connectivity index (χ4v) is 2.64. The van der Waals surface area contributed by atoms with Gasteiger partial charge in [0.05, 0.1) is 12.3 Å². The molecular formula is C22H32N4O3. The summed E-state index contributed by atoms with van der Waals surface area (Å²) in [7, 11) is 0. The van der Waals surface area contributed by atoms with E-state index in [1.54, 1.807) is 0 Å². The van der Waals surface area contributed by atoms with E-state index in [1.807, 2.05) is 65.0 Å². The van der Waals surface area contributed by atoms with Gasteiger partial charge in [-0.25, -0.2) is 9.78 Å². The maximum absolute atomic E-state index is 11.6. The predicted octanol–water partition coefficient (Wildman–Crippen LogP) is 4.79. The number of aromatic nitrogens is 1. The van der Waals surface area contributed by atoms with Gasteiger partial charge in [0.1, 0.15) is 11.4 Å². The molecule has 0 unspecified atom stereocenters. The van der Waals surface area contributed by atoms with Crippen LogP contribution in [0.2, 0.25) is 0 Å². The molecule has 1 aromatic heterocycles. The molecule has 0 atom stereocenters. The first-order valence-electron chi connectivity index (χ1n) is 9.86. The van der Waals surface area contributed by atoms with Crippen LogP contribution in [0.1, 0.15) is 44.9 Å². The summed E-state index contributed by atoms with van der Waals surface area (Å²) in [6.07, 6.45) is 1.19. The summed E-state index contributed by atoms with van der Waals surface area (Å²) in [5.74, 6) is 1.08. The number of para-hydroxylation sites is 1. The Morgan fingerprint density at radius 1 is 1.14 bits per heavy atom. The van der Waals surface area contributed by atoms with E-state index in [1.165, 1.54) is 0 Å². The molecule has 4 N–H and O–H groups in total. The zero-order valence-corrected chi connectivity index (χ0v) is 18.0. The third kappa shape index (κ3) is 7.18. The Hall–Kier alpha value is -2.96. The number of rotatable bonds is 8. The summed E-state index contributed by atoms with van der Waals surface area (Å²) in [4.78, 5) is 16.1. The highest BCUT2D eigenvalue weighted by molar-refractivity contribution is 5.75. The van der Waals surface area contributed by atoms with Crippen molar-refractivity contribution in [2.75, 3.05) is 24.2 Å². The summed E-state index contributed by atoms with van der Waals surface area (Å²) in [6.45, 7) is 10.7. The highest BCUT2D eigenvalue weighted by Gasteiger charge is 2.15. The van der Waals surface area contributed by atoms with E-state index in [0.29, 0.717) is 30.5 Å². The zero-order valence-electron chi connectivity index (χ0n) is 18.0. The fraction of sp³-hybridized carbons (Fsp3) is 0.455. The number of amides is 1. The van der Waals surface area contributed by atoms with Crippen LogP contribution in [0.5, 0.6) is 11.6 Å². The second-order valence-electron chi connectivity index (χ2n) is 7.98. The SMILES string of the molecule is Cc1nc(Oc2ccccc2)c(N)c(NCCCCOC(=O)NC(C)(C)C)c1C. The van der Waals surface area contributed by atoms with Gasteiger partial charge in [0.25, 0.3) is 0 Å². The number of aryl methyl sites for hydroxylation is 1. The van der Waals surface area contributed by atoms with Gasteiger partial charge in [0.2, 0.25) is 5.88 Å². The van der Waals surface area contributed by atoms with Crippen molar-refractivity contribution in [3.05, 3.63) is 41.6 Å². The minimum atomic E-state index is -0.391. The third-order valence-electron chi connectivity index (χ3n) is 4.23. The van der Waals surface area contributed by atoms with Gasteiger partial charge in [-0.05, 0) is 65.2 Å². The van der Waals surface area contributed by atoms with E-state index in [9.17, 15) is 4.79 Å². The van der Waals surface area contributed by atoms with E-state index in [-0.39, 0.29) is 5.54 Å². The predicted molar refractivity (Wildman–Crippen MR) is 117 cm³/mol. The van der Waals surface area contributed by atoms with E-state index >= 15 is 0 Å². The van der Waals surface area contributed by atoms with Gasteiger partial charge in [-0.15, -0.1) is 0 Å². The molecule has 0 aliphatic heterocycles. The van der Waals surface area contributed by atoms with E-state index < -0.39 is 6.09 Å². The van der Waals surface area contributed by atoms with E-state index in [4.69, 9.17) is 15.2 Å². The molecule has 0 fully saturated rings. The van der Waals surface area contributed by atoms with Gasteiger partial charge in [0.15, 0.2) is 0 Å². The molecule has 0 radical (unpaired) electrons. The summed E-state index contributed by atoms with van der Waals surface area (Å²) in [6, 6.07) is 9.44. The minimum Gasteiger partial charge on any atom is -0.450 e. The van der Waals surface area contributed by atoms with Crippen molar-refractivity contribution < 1.29 is 14.3 Å². The molecule has 1 amide bonds. The maximum atomic E-state index is 11.6. The number of ether oxygens (including phenoxy) is 2. The molecule has 7 nitrogen and oxygen atoms in total. The molecule has 2 aromatic rings. The highest BCUT2D eigenvalue weighted by atomic mass is 16.5. The molecular weight excluding hydrogens is 368 g/mol. The van der Waals surface area contributed by atoms with Crippen LogP contribution in [0, 0.1) is 13.8 Å². The van der Waals surface area contributed by atoms with Gasteiger partial charge >= 0.3 is 6.09 Å². The maximum Gasteiger partial charge on any atom is 0.407 e. The molecule has 158 valence electrons. The lowest BCUT2D eigenvalue weighted by atomic mass is 10.1. The number of carbonyl (C=O) groups excluding carboxylic acids is 1. The van der Waals surface area contributed by atoms with Crippen LogP contribution < -0.4 is 21.1 Å². The summed E-state index contributed by atoms with van der Waals surface area (Å²) >= 11 is 0. The molecule has 0 aliphatic carbocycles. The van der Waals surface area contributed by atoms with Crippen molar-refractivity contribution in [1.82, 2.24) is 10.3 Å². The van der Waals surface area contributed by atoms with Crippen LogP contribution in [0.4, 0.5) is 16.2 Å². The van der Waals surface area contributed by atoms with Crippen molar-refractivity contribution in [2.45, 2.75) is 53.0 Å². The summed E-state index contributed by atoms with van der Waals surface area (Å²) in [5, 5.41) is 6.14. The fourth-order valence-electron chi connectivity index (χ4n) is 2.64. The van der Waals surface area contributed by atoms with Gasteiger partial charge in [-0.2, -0.15) is 0 Å². The number of nitrogens with zero attached hydrogens (tertiary/aromatic N) is 1. The number of unbranched alkanes of at least 4 members (excludes halogenated alkanes) is 1. The number of hydrogen-bond acceptors (Lipinski definition) is 6. The van der Waals surface area contributed by atoms with E-state index in [0.717, 1.165) is 29.8 Å². The highest BCUT2D eigenvalue weighted by Crippen LogP contribution is 2.35. The van der Waals surface area contributed by atoms with Crippen molar-refractivity contribution in [2.24, 2.45) is 0 Å². The van der Waals surface area contributed by atoms with Gasteiger partial charge in [-0.1, -0.05) is 18.2 Å². The Bertz CT molecular complexity index is 817. The van der Waals surface area contributed by atoms with Crippen LogP contribution in [0.15, 0.2) is 30.3 Å². The Morgan fingerprint density at radius 3 is 2.48 bits per heavy atom. The molecule has 7 heteroatoms. The molecule has 0 spiro atoms. The molecule has 0 saturated carbocycles. The number of nitrogens with one attached hydrogen (secondary N) is 2. The largest absolute Gasteiger partial charge is 0.450 e. The third-order valence-corrected chi connectivity index (χ3v) is 4.23. The molecule has 2 rings (SSSR count). The summed E-state index contributed by atoms with van der Waals surface area (Å²) in [5.41, 5.74) is 9.17. The number of nitrogens with two attached hydrogens (primary N) is 1. The normalized spacial score (nSPS) is 11.1. The van der Waals surface area contributed by atoms with Crippen molar-refractivity contribution >= 4 is 17.5 Å². The van der Waals surface area contributed by atoms with Crippen molar-refractivity contribution in [3.63, 3.8) is 0 Å². The lowest BCUT2D eigenvalue weighted by Gasteiger charge is -2.20. The molecule has 0 aliphatic rings. The smallest absolute Gasteiger partial charge is 0.407 e. The standard InChI is InChI=1S/C22H32N4O3/c1-15-16(2)25-20(29-17-11-7-6-8-12-17)18(23)19(15)24-13-9-10-14-28-21(27)26-22(3,4)5/h6-8,11-12H,9-10,13-14,23H2,1-5H3,(H,24,25)(H,26,27). The van der Waals surface area contributed by atoms with Crippen molar-refractivity contribution in [3.8, 4) is 11.6 Å². The van der Waals surface area contributed by atoms with Crippen LogP contribution in [0.25, 0.3) is 0 Å². The quantitative estimate of drug-likeness (QED) is 0.551. The number of alkyl carbamates (subject to hydrolysis) is 1. The molecule has 0 saturated heterocycles. The number of anilines is 2. The van der Waals surface area contributed by atoms with E-state index in [2.05, 4.69) is 15.6 Å². The average molecular weight is 401 g/mol. The number of pyridine rings is 1. The van der Waals surface area contributed by atoms with Crippen LogP contribution in [0.3, 0.4) is 0 Å². The first-order chi connectivity index (χ1) is 13.7. The van der Waals surface area contributed by atoms with Crippen molar-refractivity contribution in [1.29, 1.82) is 0 Å². The Morgan fingerprint density at radius 2 is 1.83 bits per heavy atom. The first-order valence-corrected chi connectivity index (χ1v) is 9.86. The monoisotopic (exact) mass is 400 g/mol. The van der Waals surface area contributed by atoms with Crippen LogP contribution in [-0.4, -0.2) is 29.8 Å². The second kappa shape index (κ2) is 10.0. The lowest BCUT2D eigenvalue weighted by Crippen LogP contribution is -2.41. The minimum absolute atomic E-state index is 0.299. The topological polar surface area (TPSA) is 98.5 Å². The van der Waals surface area contributed by atoms with Gasteiger partial charge in [-0.3, -0.25) is 0 Å². The second-order valence-corrected chi connectivity index (χ2v) is 7.98. The Kier molecular flexibility index (Phi) is 7.70. The number of benzene rings is 1. The molecule has 1 heterocycles. The van der Waals surface area contributed by atoms with Gasteiger partial charge < -0.3 is 25.8 Å². The Balaban J connectivity index is 1.88. The molecule has 1 aromatic carbocycles. The van der Waals surface area contributed by atoms with Crippen LogP contribution in [-0.2, 0) is 4.74 Å². The number of nitrogen functional groups attached to an aromatic ring is 1. The lowest BCUT2D eigenvalue weighted by molar-refractivity contribution is 0.136. The first kappa shape index (κ1) is 22.3. The number of hydrogen-bond donors (Lipinski definition) is 3. The Labute approximate surface area is 173 Å².